The molecule has 2 rings (SSSR count). The number of carbonyl (C=O) groups is 1. The summed E-state index contributed by atoms with van der Waals surface area (Å²) in [5, 5.41) is 9.06. The largest absolute Gasteiger partial charge is 0.396 e. The summed E-state index contributed by atoms with van der Waals surface area (Å²) in [5.74, 6) is -0.0523. The van der Waals surface area contributed by atoms with E-state index >= 15 is 0 Å². The minimum absolute atomic E-state index is 0.0523. The molecule has 0 saturated carbocycles. The van der Waals surface area contributed by atoms with E-state index < -0.39 is 5.60 Å². The summed E-state index contributed by atoms with van der Waals surface area (Å²) < 4.78 is 6.47. The number of hydrogen-bond donors (Lipinski definition) is 1. The smallest absolute Gasteiger partial charge is 0.253 e. The summed E-state index contributed by atoms with van der Waals surface area (Å²) in [7, 11) is 0. The molecule has 1 saturated heterocycles. The van der Waals surface area contributed by atoms with E-state index in [1.807, 2.05) is 31.2 Å². The lowest BCUT2D eigenvalue weighted by Gasteiger charge is -2.40. The van der Waals surface area contributed by atoms with Crippen LogP contribution in [0.2, 0.25) is 0 Å². The van der Waals surface area contributed by atoms with Gasteiger partial charge in [-0.1, -0.05) is 22.0 Å². The van der Waals surface area contributed by atoms with E-state index in [1.165, 1.54) is 0 Å². The molecule has 1 aromatic rings. The van der Waals surface area contributed by atoms with Crippen LogP contribution in [-0.2, 0) is 9.53 Å². The molecule has 0 bridgehead atoms. The molecule has 4 nitrogen and oxygen atoms in total. The van der Waals surface area contributed by atoms with E-state index in [4.69, 9.17) is 9.84 Å². The maximum atomic E-state index is 11.9. The van der Waals surface area contributed by atoms with Gasteiger partial charge in [-0.05, 0) is 25.1 Å². The fraction of sp³-hybridized carbons (Fsp3) is 0.462. The van der Waals surface area contributed by atoms with E-state index in [2.05, 4.69) is 15.9 Å². The molecule has 0 spiro atoms. The summed E-state index contributed by atoms with van der Waals surface area (Å²) in [6.07, 6.45) is 0.519. The molecule has 1 amide bonds. The number of benzene rings is 1. The molecule has 1 aromatic carbocycles. The van der Waals surface area contributed by atoms with Crippen LogP contribution in [0.1, 0.15) is 13.3 Å². The lowest BCUT2D eigenvalue weighted by atomic mass is 9.99. The topological polar surface area (TPSA) is 49.8 Å². The molecule has 5 heteroatoms. The average molecular weight is 314 g/mol. The Labute approximate surface area is 115 Å². The predicted molar refractivity (Wildman–Crippen MR) is 72.6 cm³/mol. The standard InChI is InChI=1S/C13H16BrNO3/c1-13(5-6-16)9-15(12(17)8-18-13)11-4-2-3-10(14)7-11/h2-4,7,16H,5-6,8-9H2,1H3. The van der Waals surface area contributed by atoms with Crippen molar-refractivity contribution >= 4 is 27.5 Å². The van der Waals surface area contributed by atoms with Crippen LogP contribution in [-0.4, -0.2) is 36.4 Å². The van der Waals surface area contributed by atoms with Gasteiger partial charge < -0.3 is 14.7 Å². The Morgan fingerprint density at radius 2 is 2.33 bits per heavy atom. The normalized spacial score (nSPS) is 24.4. The second-order valence-electron chi connectivity index (χ2n) is 4.67. The monoisotopic (exact) mass is 313 g/mol. The molecule has 1 fully saturated rings. The molecule has 1 aliphatic heterocycles. The van der Waals surface area contributed by atoms with Gasteiger partial charge in [0, 0.05) is 23.2 Å². The summed E-state index contributed by atoms with van der Waals surface area (Å²) in [5.41, 5.74) is 0.368. The van der Waals surface area contributed by atoms with Gasteiger partial charge in [-0.3, -0.25) is 4.79 Å². The van der Waals surface area contributed by atoms with E-state index in [-0.39, 0.29) is 19.1 Å². The lowest BCUT2D eigenvalue weighted by molar-refractivity contribution is -0.138. The van der Waals surface area contributed by atoms with Crippen LogP contribution in [0.5, 0.6) is 0 Å². The molecule has 18 heavy (non-hydrogen) atoms. The van der Waals surface area contributed by atoms with Gasteiger partial charge in [-0.15, -0.1) is 0 Å². The van der Waals surface area contributed by atoms with Crippen LogP contribution in [0.3, 0.4) is 0 Å². The zero-order valence-corrected chi connectivity index (χ0v) is 11.8. The summed E-state index contributed by atoms with van der Waals surface area (Å²) in [6, 6.07) is 7.61. The molecule has 0 aromatic heterocycles. The Morgan fingerprint density at radius 3 is 3.00 bits per heavy atom. The average Bonchev–Trinajstić information content (AvgIpc) is 2.33. The number of halogens is 1. The van der Waals surface area contributed by atoms with Crippen LogP contribution in [0, 0.1) is 0 Å². The number of morpholine rings is 1. The van der Waals surface area contributed by atoms with Gasteiger partial charge in [0.2, 0.25) is 0 Å². The number of carbonyl (C=O) groups excluding carboxylic acids is 1. The van der Waals surface area contributed by atoms with Crippen molar-refractivity contribution in [1.29, 1.82) is 0 Å². The van der Waals surface area contributed by atoms with Crippen molar-refractivity contribution in [3.8, 4) is 0 Å². The molecule has 1 unspecified atom stereocenters. The quantitative estimate of drug-likeness (QED) is 0.928. The highest BCUT2D eigenvalue weighted by Gasteiger charge is 2.36. The minimum Gasteiger partial charge on any atom is -0.396 e. The third-order valence-corrected chi connectivity index (χ3v) is 3.59. The van der Waals surface area contributed by atoms with Crippen molar-refractivity contribution in [2.45, 2.75) is 18.9 Å². The first-order chi connectivity index (χ1) is 8.54. The Balaban J connectivity index is 2.23. The first kappa shape index (κ1) is 13.5. The fourth-order valence-corrected chi connectivity index (χ4v) is 2.44. The van der Waals surface area contributed by atoms with Gasteiger partial charge in [-0.2, -0.15) is 0 Å². The molecule has 1 N–H and O–H groups in total. The van der Waals surface area contributed by atoms with E-state index in [9.17, 15) is 4.79 Å². The summed E-state index contributed by atoms with van der Waals surface area (Å²) in [4.78, 5) is 13.6. The Morgan fingerprint density at radius 1 is 1.56 bits per heavy atom. The maximum absolute atomic E-state index is 11.9. The van der Waals surface area contributed by atoms with Crippen molar-refractivity contribution in [2.75, 3.05) is 24.7 Å². The van der Waals surface area contributed by atoms with Crippen molar-refractivity contribution < 1.29 is 14.6 Å². The van der Waals surface area contributed by atoms with Crippen molar-refractivity contribution in [3.63, 3.8) is 0 Å². The molecular weight excluding hydrogens is 298 g/mol. The summed E-state index contributed by atoms with van der Waals surface area (Å²) >= 11 is 3.40. The zero-order valence-electron chi connectivity index (χ0n) is 10.2. The van der Waals surface area contributed by atoms with Gasteiger partial charge in [-0.25, -0.2) is 0 Å². The number of amides is 1. The van der Waals surface area contributed by atoms with Crippen molar-refractivity contribution in [1.82, 2.24) is 0 Å². The van der Waals surface area contributed by atoms with Gasteiger partial charge in [0.15, 0.2) is 0 Å². The minimum atomic E-state index is -0.481. The Hall–Kier alpha value is -0.910. The van der Waals surface area contributed by atoms with E-state index in [0.29, 0.717) is 13.0 Å². The molecule has 1 atom stereocenters. The van der Waals surface area contributed by atoms with E-state index in [1.54, 1.807) is 4.90 Å². The first-order valence-electron chi connectivity index (χ1n) is 5.85. The second kappa shape index (κ2) is 5.38. The highest BCUT2D eigenvalue weighted by Crippen LogP contribution is 2.27. The third-order valence-electron chi connectivity index (χ3n) is 3.10. The Bertz CT molecular complexity index is 452. The fourth-order valence-electron chi connectivity index (χ4n) is 2.05. The molecule has 98 valence electrons. The lowest BCUT2D eigenvalue weighted by Crippen LogP contribution is -2.53. The molecular formula is C13H16BrNO3. The molecule has 1 aliphatic rings. The van der Waals surface area contributed by atoms with Crippen LogP contribution < -0.4 is 4.90 Å². The zero-order chi connectivity index (χ0) is 13.2. The number of ether oxygens (including phenoxy) is 1. The molecule has 0 radical (unpaired) electrons. The van der Waals surface area contributed by atoms with Crippen LogP contribution >= 0.6 is 15.9 Å². The summed E-state index contributed by atoms with van der Waals surface area (Å²) in [6.45, 7) is 2.49. The van der Waals surface area contributed by atoms with Crippen molar-refractivity contribution in [2.24, 2.45) is 0 Å². The highest BCUT2D eigenvalue weighted by atomic mass is 79.9. The van der Waals surface area contributed by atoms with Gasteiger partial charge in [0.05, 0.1) is 12.1 Å². The van der Waals surface area contributed by atoms with Gasteiger partial charge >= 0.3 is 0 Å². The number of anilines is 1. The number of aliphatic hydroxyl groups is 1. The number of hydrogen-bond acceptors (Lipinski definition) is 3. The molecule has 0 aliphatic carbocycles. The maximum Gasteiger partial charge on any atom is 0.253 e. The highest BCUT2D eigenvalue weighted by molar-refractivity contribution is 9.10. The SMILES string of the molecule is CC1(CCO)CN(c2cccc(Br)c2)C(=O)CO1. The second-order valence-corrected chi connectivity index (χ2v) is 5.59. The molecule has 1 heterocycles. The van der Waals surface area contributed by atoms with Gasteiger partial charge in [0.1, 0.15) is 6.61 Å². The van der Waals surface area contributed by atoms with Crippen LogP contribution in [0.4, 0.5) is 5.69 Å². The van der Waals surface area contributed by atoms with Crippen LogP contribution in [0.15, 0.2) is 28.7 Å². The van der Waals surface area contributed by atoms with Crippen molar-refractivity contribution in [3.05, 3.63) is 28.7 Å². The van der Waals surface area contributed by atoms with E-state index in [0.717, 1.165) is 10.2 Å². The first-order valence-corrected chi connectivity index (χ1v) is 6.64. The number of rotatable bonds is 3. The van der Waals surface area contributed by atoms with Crippen LogP contribution in [0.25, 0.3) is 0 Å². The number of aliphatic hydroxyl groups excluding tert-OH is 1. The number of nitrogens with zero attached hydrogens (tertiary/aromatic N) is 1. The van der Waals surface area contributed by atoms with Gasteiger partial charge in [0.25, 0.3) is 5.91 Å². The Kier molecular flexibility index (Phi) is 4.04. The predicted octanol–water partition coefficient (Wildman–Crippen LogP) is 1.95. The third kappa shape index (κ3) is 2.91.